The fourth-order valence-electron chi connectivity index (χ4n) is 3.74. The van der Waals surface area contributed by atoms with Crippen molar-refractivity contribution in [3.8, 4) is 0 Å². The summed E-state index contributed by atoms with van der Waals surface area (Å²) in [7, 11) is 0. The van der Waals surface area contributed by atoms with Gasteiger partial charge in [-0.25, -0.2) is 4.68 Å². The van der Waals surface area contributed by atoms with Gasteiger partial charge in [-0.05, 0) is 42.8 Å². The highest BCUT2D eigenvalue weighted by Gasteiger charge is 2.38. The first kappa shape index (κ1) is 19.8. The Morgan fingerprint density at radius 2 is 1.96 bits per heavy atom. The van der Waals surface area contributed by atoms with Gasteiger partial charge in [0.1, 0.15) is 0 Å². The Morgan fingerprint density at radius 3 is 2.52 bits per heavy atom. The molecule has 2 heterocycles. The van der Waals surface area contributed by atoms with Crippen LogP contribution in [-0.4, -0.2) is 39.2 Å². The number of likely N-dealkylation sites (tertiary alicyclic amines) is 1. The van der Waals surface area contributed by atoms with Crippen molar-refractivity contribution in [1.82, 2.24) is 20.2 Å². The molecule has 0 unspecified atom stereocenters. The molecular formula is C19H28ClN6O+. The molecule has 0 radical (unpaired) electrons. The Kier molecular flexibility index (Phi) is 5.81. The minimum Gasteiger partial charge on any atom is -0.369 e. The maximum Gasteiger partial charge on any atom is 0.220 e. The molecular weight excluding hydrogens is 364 g/mol. The molecule has 3 rings (SSSR count). The van der Waals surface area contributed by atoms with Crippen LogP contribution in [-0.2, 0) is 10.3 Å². The summed E-state index contributed by atoms with van der Waals surface area (Å²) in [6.07, 6.45) is 2.48. The van der Waals surface area contributed by atoms with Gasteiger partial charge in [0.25, 0.3) is 0 Å². The third-order valence-electron chi connectivity index (χ3n) is 5.83. The number of quaternary nitrogens is 1. The number of carbonyl (C=O) groups is 1. The Labute approximate surface area is 164 Å². The summed E-state index contributed by atoms with van der Waals surface area (Å²) >= 11 is 6.10. The third-order valence-corrected chi connectivity index (χ3v) is 6.08. The van der Waals surface area contributed by atoms with Gasteiger partial charge >= 0.3 is 0 Å². The van der Waals surface area contributed by atoms with E-state index >= 15 is 0 Å². The predicted molar refractivity (Wildman–Crippen MR) is 103 cm³/mol. The lowest BCUT2D eigenvalue weighted by atomic mass is 9.93. The number of nitrogens with zero attached hydrogens (tertiary/aromatic N) is 4. The molecule has 1 saturated heterocycles. The second kappa shape index (κ2) is 7.94. The zero-order valence-electron chi connectivity index (χ0n) is 16.2. The number of nitrogens with two attached hydrogens (primary N) is 1. The molecule has 0 saturated carbocycles. The summed E-state index contributed by atoms with van der Waals surface area (Å²) in [5.41, 5.74) is 6.45. The molecule has 1 atom stereocenters. The third kappa shape index (κ3) is 4.14. The minimum absolute atomic E-state index is 0.0167. The van der Waals surface area contributed by atoms with Crippen LogP contribution in [0, 0.1) is 5.92 Å². The number of halogens is 1. The van der Waals surface area contributed by atoms with Gasteiger partial charge in [-0.1, -0.05) is 30.7 Å². The van der Waals surface area contributed by atoms with Crippen molar-refractivity contribution < 1.29 is 9.69 Å². The van der Waals surface area contributed by atoms with Gasteiger partial charge < -0.3 is 10.6 Å². The number of primary amides is 1. The molecule has 1 aromatic carbocycles. The van der Waals surface area contributed by atoms with E-state index in [0.29, 0.717) is 5.02 Å². The standard InChI is InChI=1S/C19H27ClN6O/c1-4-19(2,3)26-18(22-23-24-26)16(13-5-7-15(20)8-6-13)25-11-9-14(10-12-25)17(21)27/h5-8,14,16H,4,9-12H2,1-3H3,(H2,21,27)/p+1/t16-/m1/s1. The maximum absolute atomic E-state index is 11.6. The van der Waals surface area contributed by atoms with Crippen LogP contribution in [0.3, 0.4) is 0 Å². The van der Waals surface area contributed by atoms with Crippen LogP contribution in [0.15, 0.2) is 24.3 Å². The van der Waals surface area contributed by atoms with E-state index in [0.717, 1.165) is 43.7 Å². The van der Waals surface area contributed by atoms with Crippen LogP contribution in [0.1, 0.15) is 57.5 Å². The van der Waals surface area contributed by atoms with Gasteiger partial charge in [-0.2, -0.15) is 0 Å². The predicted octanol–water partition coefficient (Wildman–Crippen LogP) is 1.34. The molecule has 0 spiro atoms. The van der Waals surface area contributed by atoms with Crippen molar-refractivity contribution in [2.24, 2.45) is 11.7 Å². The van der Waals surface area contributed by atoms with E-state index in [1.54, 1.807) is 0 Å². The number of amides is 1. The van der Waals surface area contributed by atoms with Crippen molar-refractivity contribution in [2.75, 3.05) is 13.1 Å². The number of tetrazole rings is 1. The number of hydrogen-bond acceptors (Lipinski definition) is 4. The van der Waals surface area contributed by atoms with E-state index in [-0.39, 0.29) is 23.4 Å². The first-order chi connectivity index (χ1) is 12.8. The molecule has 0 bridgehead atoms. The van der Waals surface area contributed by atoms with Crippen LogP contribution in [0.25, 0.3) is 0 Å². The zero-order chi connectivity index (χ0) is 19.6. The molecule has 1 aliphatic rings. The lowest BCUT2D eigenvalue weighted by Gasteiger charge is -2.35. The summed E-state index contributed by atoms with van der Waals surface area (Å²) in [6, 6.07) is 7.87. The molecule has 146 valence electrons. The Bertz CT molecular complexity index is 780. The van der Waals surface area contributed by atoms with Crippen LogP contribution in [0.4, 0.5) is 0 Å². The Hall–Kier alpha value is -1.99. The number of benzene rings is 1. The van der Waals surface area contributed by atoms with Crippen LogP contribution in [0.5, 0.6) is 0 Å². The summed E-state index contributed by atoms with van der Waals surface area (Å²) in [5.74, 6) is 0.605. The minimum atomic E-state index is -0.200. The highest BCUT2D eigenvalue weighted by Crippen LogP contribution is 2.26. The monoisotopic (exact) mass is 391 g/mol. The molecule has 7 nitrogen and oxygen atoms in total. The van der Waals surface area contributed by atoms with Crippen molar-refractivity contribution in [3.63, 3.8) is 0 Å². The molecule has 2 aromatic rings. The zero-order valence-corrected chi connectivity index (χ0v) is 16.9. The number of hydrogen-bond donors (Lipinski definition) is 2. The van der Waals surface area contributed by atoms with Crippen LogP contribution >= 0.6 is 11.6 Å². The topological polar surface area (TPSA) is 91.1 Å². The first-order valence-electron chi connectivity index (χ1n) is 9.51. The Morgan fingerprint density at radius 1 is 1.33 bits per heavy atom. The molecule has 1 fully saturated rings. The maximum atomic E-state index is 11.6. The lowest BCUT2D eigenvalue weighted by molar-refractivity contribution is -0.931. The van der Waals surface area contributed by atoms with Gasteiger partial charge in [-0.3, -0.25) is 4.79 Å². The average Bonchev–Trinajstić information content (AvgIpc) is 3.14. The number of aromatic nitrogens is 4. The van der Waals surface area contributed by atoms with Crippen molar-refractivity contribution in [1.29, 1.82) is 0 Å². The first-order valence-corrected chi connectivity index (χ1v) is 9.89. The summed E-state index contributed by atoms with van der Waals surface area (Å²) < 4.78 is 1.94. The fraction of sp³-hybridized carbons (Fsp3) is 0.579. The van der Waals surface area contributed by atoms with Crippen molar-refractivity contribution in [2.45, 2.75) is 51.6 Å². The van der Waals surface area contributed by atoms with Gasteiger partial charge in [0, 0.05) is 29.3 Å². The molecule has 1 aromatic heterocycles. The normalized spacial score (nSPS) is 21.8. The fourth-order valence-corrected chi connectivity index (χ4v) is 3.87. The summed E-state index contributed by atoms with van der Waals surface area (Å²) in [5, 5.41) is 13.4. The largest absolute Gasteiger partial charge is 0.369 e. The summed E-state index contributed by atoms with van der Waals surface area (Å²) in [4.78, 5) is 12.9. The average molecular weight is 392 g/mol. The van der Waals surface area contributed by atoms with Gasteiger partial charge in [0.05, 0.1) is 18.6 Å². The van der Waals surface area contributed by atoms with E-state index < -0.39 is 0 Å². The SMILES string of the molecule is CCC(C)(C)n1nnnc1[C@@H](c1ccc(Cl)cc1)[NH+]1CCC(C(N)=O)CC1. The molecule has 1 aliphatic heterocycles. The van der Waals surface area contributed by atoms with Crippen molar-refractivity contribution >= 4 is 17.5 Å². The quantitative estimate of drug-likeness (QED) is 0.777. The number of nitrogens with one attached hydrogen (secondary N) is 1. The van der Waals surface area contributed by atoms with Crippen LogP contribution in [0.2, 0.25) is 5.02 Å². The molecule has 1 amide bonds. The van der Waals surface area contributed by atoms with E-state index in [2.05, 4.69) is 36.3 Å². The highest BCUT2D eigenvalue weighted by atomic mass is 35.5. The van der Waals surface area contributed by atoms with Gasteiger partial charge in [-0.15, -0.1) is 5.10 Å². The second-order valence-electron chi connectivity index (χ2n) is 7.93. The van der Waals surface area contributed by atoms with E-state index in [1.165, 1.54) is 4.90 Å². The lowest BCUT2D eigenvalue weighted by Crippen LogP contribution is -3.13. The van der Waals surface area contributed by atoms with E-state index in [9.17, 15) is 4.79 Å². The van der Waals surface area contributed by atoms with Gasteiger partial charge in [0.2, 0.25) is 11.7 Å². The number of carbonyl (C=O) groups excluding carboxylic acids is 1. The molecule has 27 heavy (non-hydrogen) atoms. The number of rotatable bonds is 6. The molecule has 3 N–H and O–H groups in total. The van der Waals surface area contributed by atoms with E-state index in [1.807, 2.05) is 28.9 Å². The summed E-state index contributed by atoms with van der Waals surface area (Å²) in [6.45, 7) is 8.11. The highest BCUT2D eigenvalue weighted by molar-refractivity contribution is 6.30. The second-order valence-corrected chi connectivity index (χ2v) is 8.37. The molecule has 8 heteroatoms. The van der Waals surface area contributed by atoms with Gasteiger partial charge in [0.15, 0.2) is 6.04 Å². The number of piperidine rings is 1. The molecule has 0 aliphatic carbocycles. The van der Waals surface area contributed by atoms with Crippen LogP contribution < -0.4 is 10.6 Å². The Balaban J connectivity index is 1.99. The van der Waals surface area contributed by atoms with E-state index in [4.69, 9.17) is 17.3 Å². The van der Waals surface area contributed by atoms with Crippen molar-refractivity contribution in [3.05, 3.63) is 40.7 Å². The smallest absolute Gasteiger partial charge is 0.220 e.